The predicted octanol–water partition coefficient (Wildman–Crippen LogP) is 2.83. The van der Waals surface area contributed by atoms with Crippen molar-refractivity contribution in [3.05, 3.63) is 23.7 Å². The molecule has 0 amide bonds. The largest absolute Gasteiger partial charge is 0.462 e. The molecule has 1 aliphatic rings. The van der Waals surface area contributed by atoms with E-state index in [4.69, 9.17) is 9.52 Å². The zero-order valence-electron chi connectivity index (χ0n) is 10.5. The minimum absolute atomic E-state index is 0.0122. The Balaban J connectivity index is 1.53. The van der Waals surface area contributed by atoms with Crippen LogP contribution in [0, 0.1) is 5.92 Å². The van der Waals surface area contributed by atoms with Crippen molar-refractivity contribution in [2.24, 2.45) is 5.92 Å². The normalized spacial score (nSPS) is 16.8. The van der Waals surface area contributed by atoms with Crippen LogP contribution in [0.25, 0.3) is 0 Å². The number of aliphatic hydroxyl groups is 1. The minimum atomic E-state index is -0.0122. The van der Waals surface area contributed by atoms with Crippen molar-refractivity contribution in [3.63, 3.8) is 0 Å². The van der Waals surface area contributed by atoms with E-state index < -0.39 is 0 Å². The van der Waals surface area contributed by atoms with Gasteiger partial charge in [0.2, 0.25) is 0 Å². The van der Waals surface area contributed by atoms with E-state index in [2.05, 4.69) is 5.32 Å². The monoisotopic (exact) mass is 237 g/mol. The molecule has 1 heterocycles. The van der Waals surface area contributed by atoms with Crippen LogP contribution in [0.15, 0.2) is 16.5 Å². The molecule has 17 heavy (non-hydrogen) atoms. The molecule has 1 aliphatic carbocycles. The van der Waals surface area contributed by atoms with Gasteiger partial charge in [-0.1, -0.05) is 25.7 Å². The van der Waals surface area contributed by atoms with Gasteiger partial charge in [-0.2, -0.15) is 0 Å². The van der Waals surface area contributed by atoms with Crippen molar-refractivity contribution >= 4 is 0 Å². The van der Waals surface area contributed by atoms with Gasteiger partial charge in [0.15, 0.2) is 0 Å². The maximum atomic E-state index is 8.87. The summed E-state index contributed by atoms with van der Waals surface area (Å²) in [5.74, 6) is 2.55. The molecule has 96 valence electrons. The topological polar surface area (TPSA) is 45.4 Å². The molecule has 0 spiro atoms. The fourth-order valence-corrected chi connectivity index (χ4v) is 2.63. The summed E-state index contributed by atoms with van der Waals surface area (Å²) in [4.78, 5) is 0. The summed E-state index contributed by atoms with van der Waals surface area (Å²) < 4.78 is 5.40. The molecular formula is C14H23NO2. The number of aliphatic hydroxyl groups excluding tert-OH is 1. The summed E-state index contributed by atoms with van der Waals surface area (Å²) in [6.45, 7) is 1.82. The van der Waals surface area contributed by atoms with Crippen molar-refractivity contribution in [2.45, 2.75) is 51.7 Å². The van der Waals surface area contributed by atoms with Crippen LogP contribution >= 0.6 is 0 Å². The highest BCUT2D eigenvalue weighted by Crippen LogP contribution is 2.28. The SMILES string of the molecule is OCc1ccc(CNCCCC2CCCC2)o1. The minimum Gasteiger partial charge on any atom is -0.462 e. The van der Waals surface area contributed by atoms with Gasteiger partial charge in [0, 0.05) is 0 Å². The zero-order chi connectivity index (χ0) is 11.9. The van der Waals surface area contributed by atoms with Crippen LogP contribution in [0.1, 0.15) is 50.0 Å². The van der Waals surface area contributed by atoms with Crippen LogP contribution in [-0.4, -0.2) is 11.7 Å². The maximum Gasteiger partial charge on any atom is 0.129 e. The fourth-order valence-electron chi connectivity index (χ4n) is 2.63. The van der Waals surface area contributed by atoms with E-state index in [1.54, 1.807) is 0 Å². The van der Waals surface area contributed by atoms with Crippen molar-refractivity contribution in [2.75, 3.05) is 6.54 Å². The third kappa shape index (κ3) is 4.17. The number of hydrogen-bond acceptors (Lipinski definition) is 3. The molecule has 3 heteroatoms. The Bertz CT molecular complexity index is 316. The second-order valence-electron chi connectivity index (χ2n) is 5.00. The summed E-state index contributed by atoms with van der Waals surface area (Å²) in [7, 11) is 0. The van der Waals surface area contributed by atoms with Crippen LogP contribution in [-0.2, 0) is 13.2 Å². The number of rotatable bonds is 7. The molecule has 0 atom stereocenters. The first-order chi connectivity index (χ1) is 8.38. The molecule has 0 radical (unpaired) electrons. The molecule has 2 N–H and O–H groups in total. The van der Waals surface area contributed by atoms with Gasteiger partial charge in [-0.25, -0.2) is 0 Å². The predicted molar refractivity (Wildman–Crippen MR) is 67.5 cm³/mol. The second kappa shape index (κ2) is 6.82. The van der Waals surface area contributed by atoms with Crippen molar-refractivity contribution < 1.29 is 9.52 Å². The smallest absolute Gasteiger partial charge is 0.129 e. The fraction of sp³-hybridized carbons (Fsp3) is 0.714. The summed E-state index contributed by atoms with van der Waals surface area (Å²) in [5, 5.41) is 12.3. The quantitative estimate of drug-likeness (QED) is 0.717. The molecule has 0 aromatic carbocycles. The lowest BCUT2D eigenvalue weighted by Crippen LogP contribution is -2.15. The van der Waals surface area contributed by atoms with Crippen molar-refractivity contribution in [3.8, 4) is 0 Å². The molecule has 0 saturated heterocycles. The first-order valence-corrected chi connectivity index (χ1v) is 6.77. The van der Waals surface area contributed by atoms with Gasteiger partial charge in [-0.3, -0.25) is 0 Å². The lowest BCUT2D eigenvalue weighted by molar-refractivity contribution is 0.242. The lowest BCUT2D eigenvalue weighted by atomic mass is 10.0. The molecule has 1 aromatic rings. The van der Waals surface area contributed by atoms with Crippen LogP contribution < -0.4 is 5.32 Å². The molecule has 3 nitrogen and oxygen atoms in total. The molecule has 2 rings (SSSR count). The first kappa shape index (κ1) is 12.7. The van der Waals surface area contributed by atoms with Gasteiger partial charge < -0.3 is 14.8 Å². The van der Waals surface area contributed by atoms with E-state index in [1.165, 1.54) is 38.5 Å². The van der Waals surface area contributed by atoms with Gasteiger partial charge >= 0.3 is 0 Å². The van der Waals surface area contributed by atoms with Crippen LogP contribution in [0.3, 0.4) is 0 Å². The van der Waals surface area contributed by atoms with E-state index in [1.807, 2.05) is 12.1 Å². The Kier molecular flexibility index (Phi) is 5.08. The molecule has 1 fully saturated rings. The average Bonchev–Trinajstić information content (AvgIpc) is 2.99. The Morgan fingerprint density at radius 1 is 1.24 bits per heavy atom. The van der Waals surface area contributed by atoms with E-state index in [9.17, 15) is 0 Å². The standard InChI is InChI=1S/C14H23NO2/c16-11-14-8-7-13(17-14)10-15-9-3-6-12-4-1-2-5-12/h7-8,12,15-16H,1-6,9-11H2. The van der Waals surface area contributed by atoms with E-state index in [0.29, 0.717) is 5.76 Å². The van der Waals surface area contributed by atoms with Gasteiger partial charge in [0.05, 0.1) is 6.54 Å². The third-order valence-corrected chi connectivity index (χ3v) is 3.61. The third-order valence-electron chi connectivity index (χ3n) is 3.61. The summed E-state index contributed by atoms with van der Waals surface area (Å²) in [6, 6.07) is 3.76. The molecule has 0 bridgehead atoms. The number of nitrogens with one attached hydrogen (secondary N) is 1. The Labute approximate surface area is 103 Å². The first-order valence-electron chi connectivity index (χ1n) is 6.77. The van der Waals surface area contributed by atoms with Crippen LogP contribution in [0.4, 0.5) is 0 Å². The van der Waals surface area contributed by atoms with E-state index >= 15 is 0 Å². The second-order valence-corrected chi connectivity index (χ2v) is 5.00. The number of furan rings is 1. The Hall–Kier alpha value is -0.800. The average molecular weight is 237 g/mol. The maximum absolute atomic E-state index is 8.87. The van der Waals surface area contributed by atoms with E-state index in [0.717, 1.165) is 24.8 Å². The van der Waals surface area contributed by atoms with Crippen LogP contribution in [0.2, 0.25) is 0 Å². The molecule has 0 aliphatic heterocycles. The highest BCUT2D eigenvalue weighted by atomic mass is 16.4. The molecule has 1 saturated carbocycles. The highest BCUT2D eigenvalue weighted by molar-refractivity contribution is 5.05. The lowest BCUT2D eigenvalue weighted by Gasteiger charge is -2.08. The van der Waals surface area contributed by atoms with Gasteiger partial charge in [0.1, 0.15) is 18.1 Å². The zero-order valence-corrected chi connectivity index (χ0v) is 10.5. The highest BCUT2D eigenvalue weighted by Gasteiger charge is 2.13. The summed E-state index contributed by atoms with van der Waals surface area (Å²) >= 11 is 0. The summed E-state index contributed by atoms with van der Waals surface area (Å²) in [6.07, 6.45) is 8.39. The van der Waals surface area contributed by atoms with Gasteiger partial charge in [-0.15, -0.1) is 0 Å². The summed E-state index contributed by atoms with van der Waals surface area (Å²) in [5.41, 5.74) is 0. The van der Waals surface area contributed by atoms with Gasteiger partial charge in [-0.05, 0) is 37.4 Å². The Morgan fingerprint density at radius 2 is 2.00 bits per heavy atom. The van der Waals surface area contributed by atoms with Crippen LogP contribution in [0.5, 0.6) is 0 Å². The molecule has 1 aromatic heterocycles. The Morgan fingerprint density at radius 3 is 2.71 bits per heavy atom. The van der Waals surface area contributed by atoms with E-state index in [-0.39, 0.29) is 6.61 Å². The van der Waals surface area contributed by atoms with Crippen molar-refractivity contribution in [1.82, 2.24) is 5.32 Å². The number of hydrogen-bond donors (Lipinski definition) is 2. The van der Waals surface area contributed by atoms with Gasteiger partial charge in [0.25, 0.3) is 0 Å². The molecule has 0 unspecified atom stereocenters. The van der Waals surface area contributed by atoms with Crippen molar-refractivity contribution in [1.29, 1.82) is 0 Å². The molecular weight excluding hydrogens is 214 g/mol.